The third-order valence-corrected chi connectivity index (χ3v) is 0.797. The molecule has 12 heavy (non-hydrogen) atoms. The Morgan fingerprint density at radius 1 is 1.42 bits per heavy atom. The lowest BCUT2D eigenvalue weighted by Gasteiger charge is -2.06. The minimum atomic E-state index is -5.16. The Balaban J connectivity index is 4.12. The van der Waals surface area contributed by atoms with Crippen molar-refractivity contribution < 1.29 is 27.5 Å². The molecule has 0 unspecified atom stereocenters. The van der Waals surface area contributed by atoms with E-state index in [9.17, 15) is 22.8 Å². The third-order valence-electron chi connectivity index (χ3n) is 0.797. The minimum Gasteiger partial charge on any atom is -0.385 e. The second kappa shape index (κ2) is 3.53. The van der Waals surface area contributed by atoms with E-state index in [4.69, 9.17) is 5.73 Å². The first-order valence-electron chi connectivity index (χ1n) is 2.83. The molecule has 0 rings (SSSR count). The number of hydrogen-bond donors (Lipinski definition) is 1. The van der Waals surface area contributed by atoms with Crippen LogP contribution in [0.4, 0.5) is 13.2 Å². The molecule has 0 fully saturated rings. The molecule has 0 spiro atoms. The summed E-state index contributed by atoms with van der Waals surface area (Å²) in [5.74, 6) is -3.96. The molecule has 2 N–H and O–H groups in total. The second-order valence-corrected chi connectivity index (χ2v) is 1.99. The first kappa shape index (κ1) is 10.9. The predicted molar refractivity (Wildman–Crippen MR) is 30.8 cm³/mol. The zero-order chi connectivity index (χ0) is 9.94. The number of rotatable bonds is 1. The zero-order valence-corrected chi connectivity index (χ0v) is 6.01. The smallest absolute Gasteiger partial charge is 0.385 e. The minimum absolute atomic E-state index is 1.10. The first-order valence-corrected chi connectivity index (χ1v) is 2.83. The molecule has 0 bridgehead atoms. The Bertz CT molecular complexity index is 199. The van der Waals surface area contributed by atoms with E-state index in [1.165, 1.54) is 0 Å². The third kappa shape index (κ3) is 3.33. The molecule has 0 aliphatic carbocycles. The molecule has 0 amide bonds. The Morgan fingerprint density at radius 3 is 2.08 bits per heavy atom. The molecule has 0 saturated heterocycles. The molecule has 0 aromatic carbocycles. The number of esters is 2. The largest absolute Gasteiger partial charge is 0.491 e. The van der Waals surface area contributed by atoms with Gasteiger partial charge in [-0.15, -0.1) is 0 Å². The van der Waals surface area contributed by atoms with E-state index in [1.54, 1.807) is 0 Å². The number of alkyl halides is 3. The average Bonchev–Trinajstić information content (AvgIpc) is 1.85. The highest BCUT2D eigenvalue weighted by atomic mass is 19.4. The van der Waals surface area contributed by atoms with E-state index in [2.05, 4.69) is 4.74 Å². The number of nitrogens with two attached hydrogens (primary N) is 1. The van der Waals surface area contributed by atoms with Crippen molar-refractivity contribution in [3.63, 3.8) is 0 Å². The lowest BCUT2D eigenvalue weighted by Crippen LogP contribution is -2.35. The fourth-order valence-electron chi connectivity index (χ4n) is 0.242. The van der Waals surface area contributed by atoms with E-state index in [1.807, 2.05) is 0 Å². The molecule has 0 aromatic heterocycles. The fraction of sp³-hybridized carbons (Fsp3) is 0.600. The van der Waals surface area contributed by atoms with Crippen LogP contribution in [0.1, 0.15) is 6.92 Å². The Morgan fingerprint density at radius 2 is 1.83 bits per heavy atom. The maximum absolute atomic E-state index is 11.4. The van der Waals surface area contributed by atoms with Crippen LogP contribution >= 0.6 is 0 Å². The van der Waals surface area contributed by atoms with Gasteiger partial charge < -0.3 is 10.5 Å². The van der Waals surface area contributed by atoms with Gasteiger partial charge in [-0.1, -0.05) is 0 Å². The average molecular weight is 185 g/mol. The van der Waals surface area contributed by atoms with Gasteiger partial charge in [0.25, 0.3) is 0 Å². The summed E-state index contributed by atoms with van der Waals surface area (Å²) in [5.41, 5.74) is 4.83. The van der Waals surface area contributed by atoms with Crippen LogP contribution in [-0.4, -0.2) is 24.2 Å². The first-order chi connectivity index (χ1) is 5.25. The van der Waals surface area contributed by atoms with Crippen molar-refractivity contribution in [1.82, 2.24) is 0 Å². The van der Waals surface area contributed by atoms with Gasteiger partial charge in [0.1, 0.15) is 6.04 Å². The highest BCUT2D eigenvalue weighted by Gasteiger charge is 2.42. The maximum Gasteiger partial charge on any atom is 0.491 e. The van der Waals surface area contributed by atoms with E-state index in [0.717, 1.165) is 6.92 Å². The van der Waals surface area contributed by atoms with E-state index in [-0.39, 0.29) is 0 Å². The summed E-state index contributed by atoms with van der Waals surface area (Å²) in [4.78, 5) is 20.3. The molecule has 1 atom stereocenters. The molecular weight excluding hydrogens is 179 g/mol. The number of hydrogen-bond acceptors (Lipinski definition) is 4. The summed E-state index contributed by atoms with van der Waals surface area (Å²) in [6, 6.07) is -1.25. The second-order valence-electron chi connectivity index (χ2n) is 1.99. The standard InChI is InChI=1S/C5H6F3NO3/c1-2(9)3(10)12-4(11)5(6,7)8/h2H,9H2,1H3/t2-/m0/s1. The van der Waals surface area contributed by atoms with Crippen LogP contribution in [0.25, 0.3) is 0 Å². The van der Waals surface area contributed by atoms with Crippen LogP contribution in [0.15, 0.2) is 0 Å². The van der Waals surface area contributed by atoms with Gasteiger partial charge in [0.15, 0.2) is 0 Å². The number of carbonyl (C=O) groups excluding carboxylic acids is 2. The normalized spacial score (nSPS) is 13.8. The molecule has 0 heterocycles. The van der Waals surface area contributed by atoms with Crippen LogP contribution in [0.3, 0.4) is 0 Å². The van der Waals surface area contributed by atoms with Crippen molar-refractivity contribution in [1.29, 1.82) is 0 Å². The number of ether oxygens (including phenoxy) is 1. The Kier molecular flexibility index (Phi) is 3.20. The maximum atomic E-state index is 11.4. The Labute approximate surface area is 65.5 Å². The van der Waals surface area contributed by atoms with Crippen LogP contribution in [0.5, 0.6) is 0 Å². The van der Waals surface area contributed by atoms with Crippen molar-refractivity contribution in [3.8, 4) is 0 Å². The van der Waals surface area contributed by atoms with E-state index in [0.29, 0.717) is 0 Å². The van der Waals surface area contributed by atoms with Crippen LogP contribution < -0.4 is 5.73 Å². The van der Waals surface area contributed by atoms with Crippen molar-refractivity contribution in [2.24, 2.45) is 5.73 Å². The topological polar surface area (TPSA) is 69.4 Å². The molecule has 7 heteroatoms. The highest BCUT2D eigenvalue weighted by molar-refractivity contribution is 5.90. The monoisotopic (exact) mass is 185 g/mol. The van der Waals surface area contributed by atoms with Gasteiger partial charge in [-0.3, -0.25) is 0 Å². The molecule has 0 aromatic rings. The summed E-state index contributed by atoms with van der Waals surface area (Å²) in [6.07, 6.45) is -5.16. The van der Waals surface area contributed by atoms with Gasteiger partial charge >= 0.3 is 18.1 Å². The fourth-order valence-corrected chi connectivity index (χ4v) is 0.242. The zero-order valence-electron chi connectivity index (χ0n) is 6.01. The van der Waals surface area contributed by atoms with Crippen LogP contribution in [-0.2, 0) is 14.3 Å². The lowest BCUT2D eigenvalue weighted by molar-refractivity contribution is -0.202. The number of carbonyl (C=O) groups is 2. The van der Waals surface area contributed by atoms with Gasteiger partial charge in [0, 0.05) is 0 Å². The van der Waals surface area contributed by atoms with Crippen molar-refractivity contribution in [2.45, 2.75) is 19.1 Å². The molecule has 0 saturated carbocycles. The van der Waals surface area contributed by atoms with Gasteiger partial charge in [-0.05, 0) is 6.92 Å². The van der Waals surface area contributed by atoms with Gasteiger partial charge in [-0.2, -0.15) is 13.2 Å². The predicted octanol–water partition coefficient (Wildman–Crippen LogP) is -0.0343. The molecule has 0 aliphatic rings. The lowest BCUT2D eigenvalue weighted by atomic mass is 10.4. The van der Waals surface area contributed by atoms with Crippen molar-refractivity contribution >= 4 is 11.9 Å². The molecular formula is C5H6F3NO3. The van der Waals surface area contributed by atoms with Gasteiger partial charge in [-0.25, -0.2) is 9.59 Å². The molecule has 4 nitrogen and oxygen atoms in total. The summed E-state index contributed by atoms with van der Waals surface area (Å²) in [7, 11) is 0. The summed E-state index contributed by atoms with van der Waals surface area (Å²) in [5, 5.41) is 0. The summed E-state index contributed by atoms with van der Waals surface area (Å²) in [6.45, 7) is 1.10. The highest BCUT2D eigenvalue weighted by Crippen LogP contribution is 2.16. The quantitative estimate of drug-likeness (QED) is 0.460. The van der Waals surface area contributed by atoms with Crippen LogP contribution in [0, 0.1) is 0 Å². The number of halogens is 3. The molecule has 0 aliphatic heterocycles. The van der Waals surface area contributed by atoms with Gasteiger partial charge in [0.2, 0.25) is 0 Å². The van der Waals surface area contributed by atoms with Crippen molar-refractivity contribution in [3.05, 3.63) is 0 Å². The van der Waals surface area contributed by atoms with E-state index >= 15 is 0 Å². The molecule has 70 valence electrons. The van der Waals surface area contributed by atoms with Crippen molar-refractivity contribution in [2.75, 3.05) is 0 Å². The molecule has 0 radical (unpaired) electrons. The van der Waals surface area contributed by atoms with Crippen LogP contribution in [0.2, 0.25) is 0 Å². The Hall–Kier alpha value is -1.11. The SMILES string of the molecule is C[C@H](N)C(=O)OC(=O)C(F)(F)F. The van der Waals surface area contributed by atoms with E-state index < -0.39 is 24.2 Å². The summed E-state index contributed by atoms with van der Waals surface area (Å²) >= 11 is 0. The summed E-state index contributed by atoms with van der Waals surface area (Å²) < 4.78 is 37.6. The van der Waals surface area contributed by atoms with Gasteiger partial charge in [0.05, 0.1) is 0 Å².